The first kappa shape index (κ1) is 19.7. The number of nitrogens with zero attached hydrogens (tertiary/aromatic N) is 1. The number of nitrogens with one attached hydrogen (secondary N) is 1. The van der Waals surface area contributed by atoms with E-state index in [0.29, 0.717) is 30.4 Å². The molecule has 0 bridgehead atoms. The zero-order valence-corrected chi connectivity index (χ0v) is 16.6. The molecule has 3 rings (SSSR count). The van der Waals surface area contributed by atoms with Crippen molar-refractivity contribution in [3.63, 3.8) is 0 Å². The first-order valence-electron chi connectivity index (χ1n) is 9.56. The van der Waals surface area contributed by atoms with Gasteiger partial charge in [-0.3, -0.25) is 4.79 Å². The molecule has 1 atom stereocenters. The molecule has 0 aliphatic rings. The van der Waals surface area contributed by atoms with Crippen LogP contribution in [0.4, 0.5) is 0 Å². The van der Waals surface area contributed by atoms with E-state index in [2.05, 4.69) is 29.5 Å². The highest BCUT2D eigenvalue weighted by molar-refractivity contribution is 5.94. The lowest BCUT2D eigenvalue weighted by atomic mass is 9.96. The number of aryl methyl sites for hydroxylation is 2. The van der Waals surface area contributed by atoms with Crippen molar-refractivity contribution in [2.75, 3.05) is 6.54 Å². The Balaban J connectivity index is 1.54. The summed E-state index contributed by atoms with van der Waals surface area (Å²) in [5.74, 6) is 1.69. The SMILES string of the molecule is CCC(CNC(=O)c1ccc(OCc2c(C)noc2C)cc1)c1ccccc1. The lowest BCUT2D eigenvalue weighted by Crippen LogP contribution is -2.28. The first-order chi connectivity index (χ1) is 13.6. The minimum atomic E-state index is -0.0772. The maximum Gasteiger partial charge on any atom is 0.251 e. The topological polar surface area (TPSA) is 64.4 Å². The van der Waals surface area contributed by atoms with Gasteiger partial charge in [-0.25, -0.2) is 0 Å². The third kappa shape index (κ3) is 4.80. The summed E-state index contributed by atoms with van der Waals surface area (Å²) in [7, 11) is 0. The van der Waals surface area contributed by atoms with Crippen molar-refractivity contribution in [2.24, 2.45) is 0 Å². The molecule has 1 aromatic heterocycles. The first-order valence-corrected chi connectivity index (χ1v) is 9.56. The Kier molecular flexibility index (Phi) is 6.48. The zero-order chi connectivity index (χ0) is 19.9. The molecule has 0 aliphatic carbocycles. The minimum absolute atomic E-state index is 0.0772. The van der Waals surface area contributed by atoms with Crippen LogP contribution in [0.5, 0.6) is 5.75 Å². The average molecular weight is 378 g/mol. The predicted molar refractivity (Wildman–Crippen MR) is 109 cm³/mol. The van der Waals surface area contributed by atoms with Crippen molar-refractivity contribution >= 4 is 5.91 Å². The largest absolute Gasteiger partial charge is 0.489 e. The Labute approximate surface area is 165 Å². The second kappa shape index (κ2) is 9.22. The summed E-state index contributed by atoms with van der Waals surface area (Å²) in [6.07, 6.45) is 0.971. The van der Waals surface area contributed by atoms with Gasteiger partial charge in [0, 0.05) is 18.0 Å². The summed E-state index contributed by atoms with van der Waals surface area (Å²) in [4.78, 5) is 12.5. The van der Waals surface area contributed by atoms with E-state index >= 15 is 0 Å². The van der Waals surface area contributed by atoms with Crippen LogP contribution in [0.2, 0.25) is 0 Å². The van der Waals surface area contributed by atoms with E-state index in [-0.39, 0.29) is 5.91 Å². The van der Waals surface area contributed by atoms with Crippen LogP contribution < -0.4 is 10.1 Å². The van der Waals surface area contributed by atoms with Gasteiger partial charge >= 0.3 is 0 Å². The van der Waals surface area contributed by atoms with Crippen LogP contribution in [0.1, 0.15) is 52.2 Å². The molecule has 0 fully saturated rings. The van der Waals surface area contributed by atoms with Crippen LogP contribution in [0, 0.1) is 13.8 Å². The number of ether oxygens (including phenoxy) is 1. The maximum absolute atomic E-state index is 12.5. The van der Waals surface area contributed by atoms with Crippen molar-refractivity contribution in [3.05, 3.63) is 82.7 Å². The van der Waals surface area contributed by atoms with E-state index in [1.807, 2.05) is 44.2 Å². The highest BCUT2D eigenvalue weighted by Gasteiger charge is 2.13. The summed E-state index contributed by atoms with van der Waals surface area (Å²) in [6.45, 7) is 6.90. The van der Waals surface area contributed by atoms with Gasteiger partial charge in [0.25, 0.3) is 5.91 Å². The highest BCUT2D eigenvalue weighted by atomic mass is 16.5. The minimum Gasteiger partial charge on any atom is -0.489 e. The number of carbonyl (C=O) groups is 1. The number of benzene rings is 2. The fourth-order valence-corrected chi connectivity index (χ4v) is 3.11. The summed E-state index contributed by atoms with van der Waals surface area (Å²) < 4.78 is 10.9. The van der Waals surface area contributed by atoms with Crippen LogP contribution in [0.3, 0.4) is 0 Å². The molecule has 0 radical (unpaired) electrons. The van der Waals surface area contributed by atoms with Gasteiger partial charge in [-0.1, -0.05) is 42.4 Å². The fourth-order valence-electron chi connectivity index (χ4n) is 3.11. The third-order valence-electron chi connectivity index (χ3n) is 4.95. The Morgan fingerprint density at radius 2 is 1.82 bits per heavy atom. The third-order valence-corrected chi connectivity index (χ3v) is 4.95. The van der Waals surface area contributed by atoms with E-state index in [9.17, 15) is 4.79 Å². The second-order valence-corrected chi connectivity index (χ2v) is 6.84. The normalized spacial score (nSPS) is 11.8. The van der Waals surface area contributed by atoms with E-state index < -0.39 is 0 Å². The molecular weight excluding hydrogens is 352 g/mol. The maximum atomic E-state index is 12.5. The molecule has 0 spiro atoms. The fraction of sp³-hybridized carbons (Fsp3) is 0.304. The van der Waals surface area contributed by atoms with Crippen molar-refractivity contribution in [1.82, 2.24) is 10.5 Å². The van der Waals surface area contributed by atoms with Gasteiger partial charge in [-0.2, -0.15) is 0 Å². The number of hydrogen-bond acceptors (Lipinski definition) is 4. The van der Waals surface area contributed by atoms with E-state index in [1.165, 1.54) is 5.56 Å². The number of hydrogen-bond donors (Lipinski definition) is 1. The Bertz CT molecular complexity index is 882. The molecule has 0 saturated carbocycles. The molecule has 5 heteroatoms. The average Bonchev–Trinajstić information content (AvgIpc) is 3.05. The van der Waals surface area contributed by atoms with E-state index in [0.717, 1.165) is 23.4 Å². The molecule has 146 valence electrons. The molecule has 3 aromatic rings. The molecule has 0 saturated heterocycles. The van der Waals surface area contributed by atoms with E-state index in [4.69, 9.17) is 9.26 Å². The van der Waals surface area contributed by atoms with Gasteiger partial charge in [0.15, 0.2) is 0 Å². The van der Waals surface area contributed by atoms with E-state index in [1.54, 1.807) is 12.1 Å². The molecular formula is C23H26N2O3. The summed E-state index contributed by atoms with van der Waals surface area (Å²) in [5.41, 5.74) is 3.65. The zero-order valence-electron chi connectivity index (χ0n) is 16.6. The highest BCUT2D eigenvalue weighted by Crippen LogP contribution is 2.20. The van der Waals surface area contributed by atoms with Crippen LogP contribution in [0.25, 0.3) is 0 Å². The predicted octanol–water partition coefficient (Wildman–Crippen LogP) is 4.79. The van der Waals surface area contributed by atoms with Crippen LogP contribution in [-0.4, -0.2) is 17.6 Å². The van der Waals surface area contributed by atoms with Crippen LogP contribution in [0.15, 0.2) is 59.1 Å². The summed E-state index contributed by atoms with van der Waals surface area (Å²) >= 11 is 0. The van der Waals surface area contributed by atoms with Crippen molar-refractivity contribution in [1.29, 1.82) is 0 Å². The van der Waals surface area contributed by atoms with Gasteiger partial charge in [0.05, 0.1) is 11.3 Å². The van der Waals surface area contributed by atoms with Crippen LogP contribution >= 0.6 is 0 Å². The van der Waals surface area contributed by atoms with Gasteiger partial charge < -0.3 is 14.6 Å². The van der Waals surface area contributed by atoms with Gasteiger partial charge in [-0.15, -0.1) is 0 Å². The number of carbonyl (C=O) groups excluding carboxylic acids is 1. The standard InChI is InChI=1S/C23H26N2O3/c1-4-18(19-8-6-5-7-9-19)14-24-23(26)20-10-12-21(13-11-20)27-15-22-16(2)25-28-17(22)3/h5-13,18H,4,14-15H2,1-3H3,(H,24,26). The molecule has 2 aromatic carbocycles. The van der Waals surface area contributed by atoms with Gasteiger partial charge in [0.1, 0.15) is 18.1 Å². The molecule has 1 unspecified atom stereocenters. The summed E-state index contributed by atoms with van der Waals surface area (Å²) in [6, 6.07) is 17.4. The Hall–Kier alpha value is -3.08. The van der Waals surface area contributed by atoms with Crippen molar-refractivity contribution in [3.8, 4) is 5.75 Å². The number of rotatable bonds is 8. The molecule has 1 amide bonds. The monoisotopic (exact) mass is 378 g/mol. The summed E-state index contributed by atoms with van der Waals surface area (Å²) in [5, 5.41) is 6.96. The molecule has 1 N–H and O–H groups in total. The number of aromatic nitrogens is 1. The smallest absolute Gasteiger partial charge is 0.251 e. The Morgan fingerprint density at radius 3 is 2.43 bits per heavy atom. The quantitative estimate of drug-likeness (QED) is 0.612. The molecule has 28 heavy (non-hydrogen) atoms. The van der Waals surface area contributed by atoms with Gasteiger partial charge in [0.2, 0.25) is 0 Å². The van der Waals surface area contributed by atoms with Crippen molar-refractivity contribution < 1.29 is 14.1 Å². The lowest BCUT2D eigenvalue weighted by molar-refractivity contribution is 0.0951. The van der Waals surface area contributed by atoms with Crippen LogP contribution in [-0.2, 0) is 6.61 Å². The second-order valence-electron chi connectivity index (χ2n) is 6.84. The lowest BCUT2D eigenvalue weighted by Gasteiger charge is -2.16. The molecule has 0 aliphatic heterocycles. The number of amides is 1. The van der Waals surface area contributed by atoms with Crippen molar-refractivity contribution in [2.45, 2.75) is 39.7 Å². The Morgan fingerprint density at radius 1 is 1.11 bits per heavy atom. The molecule has 5 nitrogen and oxygen atoms in total. The molecule has 1 heterocycles. The van der Waals surface area contributed by atoms with Gasteiger partial charge in [-0.05, 0) is 50.1 Å².